The van der Waals surface area contributed by atoms with Gasteiger partial charge < -0.3 is 24.4 Å². The first-order valence-corrected chi connectivity index (χ1v) is 12.1. The Morgan fingerprint density at radius 1 is 0.974 bits per heavy atom. The zero-order valence-corrected chi connectivity index (χ0v) is 21.3. The standard InChI is InChI=1S/C29H25F3N2O5/c1-29(13-18(14-29)39-28(38)33(2)3)26-23(15-4-6-16(7-5-15)27(36)37)24-22(11-10-20(31)25(24)35)34(26)17-8-9-19(30)21(32)12-17/h4-12,18,35H,13-14H2,1-3H3,(H,36,37). The molecule has 0 bridgehead atoms. The van der Waals surface area contributed by atoms with Crippen molar-refractivity contribution in [1.82, 2.24) is 9.47 Å². The number of fused-ring (bicyclic) bond motifs is 1. The number of amides is 1. The van der Waals surface area contributed by atoms with Gasteiger partial charge in [-0.3, -0.25) is 0 Å². The predicted octanol–water partition coefficient (Wildman–Crippen LogP) is 6.24. The average Bonchev–Trinajstić information content (AvgIpc) is 3.23. The number of carbonyl (C=O) groups is 2. The van der Waals surface area contributed by atoms with Crippen LogP contribution >= 0.6 is 0 Å². The van der Waals surface area contributed by atoms with E-state index in [-0.39, 0.29) is 16.6 Å². The molecule has 0 spiro atoms. The van der Waals surface area contributed by atoms with Crippen molar-refractivity contribution in [1.29, 1.82) is 0 Å². The van der Waals surface area contributed by atoms with Gasteiger partial charge in [0.1, 0.15) is 6.10 Å². The van der Waals surface area contributed by atoms with Crippen LogP contribution in [0.15, 0.2) is 54.6 Å². The number of carboxylic acid groups (broad SMARTS) is 1. The van der Waals surface area contributed by atoms with E-state index in [1.165, 1.54) is 29.2 Å². The number of phenolic OH excluding ortho intramolecular Hbond substituents is 1. The zero-order valence-electron chi connectivity index (χ0n) is 21.3. The smallest absolute Gasteiger partial charge is 0.409 e. The van der Waals surface area contributed by atoms with Crippen molar-refractivity contribution >= 4 is 23.0 Å². The van der Waals surface area contributed by atoms with Crippen LogP contribution in [0, 0.1) is 17.5 Å². The summed E-state index contributed by atoms with van der Waals surface area (Å²) in [5.74, 6) is -4.77. The number of aromatic hydroxyl groups is 1. The number of aromatic carboxylic acids is 1. The molecule has 0 unspecified atom stereocenters. The fourth-order valence-electron chi connectivity index (χ4n) is 5.33. The third-order valence-corrected chi connectivity index (χ3v) is 7.20. The second-order valence-corrected chi connectivity index (χ2v) is 10.2. The van der Waals surface area contributed by atoms with Crippen molar-refractivity contribution in [2.24, 2.45) is 0 Å². The Bertz CT molecular complexity index is 1620. The summed E-state index contributed by atoms with van der Waals surface area (Å²) < 4.78 is 50.3. The van der Waals surface area contributed by atoms with Gasteiger partial charge in [-0.15, -0.1) is 0 Å². The first-order valence-electron chi connectivity index (χ1n) is 12.1. The van der Waals surface area contributed by atoms with Crippen LogP contribution in [0.1, 0.15) is 35.8 Å². The van der Waals surface area contributed by atoms with Crippen LogP contribution < -0.4 is 0 Å². The molecule has 1 aliphatic carbocycles. The Labute approximate surface area is 221 Å². The number of halogens is 3. The Hall–Kier alpha value is -4.47. The Morgan fingerprint density at radius 2 is 1.62 bits per heavy atom. The Kier molecular flexibility index (Phi) is 6.28. The van der Waals surface area contributed by atoms with Crippen LogP contribution in [0.4, 0.5) is 18.0 Å². The minimum Gasteiger partial charge on any atom is -0.504 e. The van der Waals surface area contributed by atoms with Crippen LogP contribution in [0.3, 0.4) is 0 Å². The SMILES string of the molecule is CN(C)C(=O)OC1CC(C)(c2c(-c3ccc(C(=O)O)cc3)c3c(O)c(F)ccc3n2-c2ccc(F)c(F)c2)C1. The van der Waals surface area contributed by atoms with Crippen molar-refractivity contribution in [2.75, 3.05) is 14.1 Å². The summed E-state index contributed by atoms with van der Waals surface area (Å²) in [5.41, 5.74) is 1.33. The fourth-order valence-corrected chi connectivity index (χ4v) is 5.33. The number of hydrogen-bond donors (Lipinski definition) is 2. The molecule has 1 fully saturated rings. The van der Waals surface area contributed by atoms with Gasteiger partial charge in [0.05, 0.1) is 16.5 Å². The van der Waals surface area contributed by atoms with E-state index < -0.39 is 46.8 Å². The van der Waals surface area contributed by atoms with Crippen LogP contribution in [0.25, 0.3) is 27.7 Å². The third kappa shape index (κ3) is 4.35. The predicted molar refractivity (Wildman–Crippen MR) is 138 cm³/mol. The fraction of sp³-hybridized carbons (Fsp3) is 0.241. The summed E-state index contributed by atoms with van der Waals surface area (Å²) in [6.45, 7) is 1.90. The van der Waals surface area contributed by atoms with E-state index in [0.717, 1.165) is 18.2 Å². The van der Waals surface area contributed by atoms with Crippen molar-refractivity contribution in [3.05, 3.63) is 83.3 Å². The lowest BCUT2D eigenvalue weighted by Crippen LogP contribution is -2.47. The first-order chi connectivity index (χ1) is 18.4. The van der Waals surface area contributed by atoms with Gasteiger partial charge in [-0.2, -0.15) is 0 Å². The molecule has 4 aromatic rings. The molecule has 3 aromatic carbocycles. The molecule has 7 nitrogen and oxygen atoms in total. The summed E-state index contributed by atoms with van der Waals surface area (Å²) in [6.07, 6.45) is -0.229. The third-order valence-electron chi connectivity index (χ3n) is 7.20. The maximum Gasteiger partial charge on any atom is 0.409 e. The summed E-state index contributed by atoms with van der Waals surface area (Å²) in [5, 5.41) is 20.4. The lowest BCUT2D eigenvalue weighted by Gasteiger charge is -2.45. The summed E-state index contributed by atoms with van der Waals surface area (Å²) >= 11 is 0. The largest absolute Gasteiger partial charge is 0.504 e. The molecular formula is C29H25F3N2O5. The minimum atomic E-state index is -1.13. The Morgan fingerprint density at radius 3 is 2.21 bits per heavy atom. The van der Waals surface area contributed by atoms with E-state index in [9.17, 15) is 33.0 Å². The van der Waals surface area contributed by atoms with E-state index in [2.05, 4.69) is 0 Å². The number of carbonyl (C=O) groups excluding carboxylic acids is 1. The highest BCUT2D eigenvalue weighted by molar-refractivity contribution is 6.04. The molecule has 5 rings (SSSR count). The summed E-state index contributed by atoms with van der Waals surface area (Å²) in [6, 6.07) is 11.8. The van der Waals surface area contributed by atoms with Crippen LogP contribution in [-0.2, 0) is 10.2 Å². The second kappa shape index (κ2) is 9.37. The number of nitrogens with zero attached hydrogens (tertiary/aromatic N) is 2. The van der Waals surface area contributed by atoms with Gasteiger partial charge in [0.25, 0.3) is 0 Å². The monoisotopic (exact) mass is 538 g/mol. The molecule has 0 radical (unpaired) electrons. The molecule has 1 aromatic heterocycles. The van der Waals surface area contributed by atoms with Crippen molar-refractivity contribution in [2.45, 2.75) is 31.3 Å². The number of aromatic nitrogens is 1. The number of benzene rings is 3. The van der Waals surface area contributed by atoms with Gasteiger partial charge in [-0.1, -0.05) is 19.1 Å². The molecule has 1 heterocycles. The molecule has 1 aliphatic rings. The molecule has 2 N–H and O–H groups in total. The summed E-state index contributed by atoms with van der Waals surface area (Å²) in [4.78, 5) is 24.9. The van der Waals surface area contributed by atoms with Gasteiger partial charge in [-0.25, -0.2) is 22.8 Å². The zero-order chi connectivity index (χ0) is 28.2. The molecule has 202 valence electrons. The van der Waals surface area contributed by atoms with E-state index in [4.69, 9.17) is 4.74 Å². The lowest BCUT2D eigenvalue weighted by atomic mass is 9.64. The van der Waals surface area contributed by atoms with Crippen molar-refractivity contribution in [3.63, 3.8) is 0 Å². The van der Waals surface area contributed by atoms with Gasteiger partial charge in [0.15, 0.2) is 23.2 Å². The van der Waals surface area contributed by atoms with Gasteiger partial charge in [0, 0.05) is 42.5 Å². The van der Waals surface area contributed by atoms with Gasteiger partial charge >= 0.3 is 12.1 Å². The number of ether oxygens (including phenoxy) is 1. The molecule has 0 atom stereocenters. The molecule has 0 aliphatic heterocycles. The maximum absolute atomic E-state index is 14.7. The Balaban J connectivity index is 1.80. The molecule has 0 saturated heterocycles. The molecule has 39 heavy (non-hydrogen) atoms. The lowest BCUT2D eigenvalue weighted by molar-refractivity contribution is -0.00739. The highest BCUT2D eigenvalue weighted by Gasteiger charge is 2.48. The van der Waals surface area contributed by atoms with Crippen molar-refractivity contribution < 1.29 is 37.7 Å². The topological polar surface area (TPSA) is 92.0 Å². The first kappa shape index (κ1) is 26.1. The van der Waals surface area contributed by atoms with Crippen LogP contribution in [0.2, 0.25) is 0 Å². The number of rotatable bonds is 5. The minimum absolute atomic E-state index is 0.0329. The summed E-state index contributed by atoms with van der Waals surface area (Å²) in [7, 11) is 3.13. The maximum atomic E-state index is 14.7. The van der Waals surface area contributed by atoms with Crippen molar-refractivity contribution in [3.8, 4) is 22.6 Å². The van der Waals surface area contributed by atoms with E-state index >= 15 is 0 Å². The highest BCUT2D eigenvalue weighted by atomic mass is 19.2. The highest BCUT2D eigenvalue weighted by Crippen LogP contribution is 2.53. The number of hydrogen-bond acceptors (Lipinski definition) is 4. The van der Waals surface area contributed by atoms with Gasteiger partial charge in [-0.05, 0) is 54.8 Å². The van der Waals surface area contributed by atoms with Crippen LogP contribution in [0.5, 0.6) is 5.75 Å². The van der Waals surface area contributed by atoms with E-state index in [1.807, 2.05) is 6.92 Å². The van der Waals surface area contributed by atoms with E-state index in [1.54, 1.807) is 30.8 Å². The average molecular weight is 539 g/mol. The van der Waals surface area contributed by atoms with E-state index in [0.29, 0.717) is 35.2 Å². The van der Waals surface area contributed by atoms with Gasteiger partial charge in [0.2, 0.25) is 0 Å². The quantitative estimate of drug-likeness (QED) is 0.314. The molecule has 10 heteroatoms. The molecule has 1 saturated carbocycles. The second-order valence-electron chi connectivity index (χ2n) is 10.2. The molecule has 1 amide bonds. The van der Waals surface area contributed by atoms with Crippen LogP contribution in [-0.4, -0.2) is 51.9 Å². The number of phenols is 1. The normalized spacial score (nSPS) is 18.6. The number of carboxylic acids is 1. The molecular weight excluding hydrogens is 513 g/mol.